The number of carbonyl (C=O) groups excluding carboxylic acids is 2. The van der Waals surface area contributed by atoms with Gasteiger partial charge in [0, 0.05) is 0 Å². The van der Waals surface area contributed by atoms with E-state index in [0.717, 1.165) is 0 Å². The zero-order valence-electron chi connectivity index (χ0n) is 5.26. The van der Waals surface area contributed by atoms with Gasteiger partial charge in [-0.05, 0) is 5.18 Å². The van der Waals surface area contributed by atoms with Crippen molar-refractivity contribution in [2.75, 3.05) is 0 Å². The van der Waals surface area contributed by atoms with Crippen molar-refractivity contribution >= 4 is 11.7 Å². The van der Waals surface area contributed by atoms with Gasteiger partial charge in [0.15, 0.2) is 6.17 Å². The fourth-order valence-electron chi connectivity index (χ4n) is 0.776. The number of ketones is 1. The molecular weight excluding hydrogens is 154 g/mol. The Hall–Kier alpha value is -1.66. The third kappa shape index (κ3) is 0.997. The quantitative estimate of drug-likeness (QED) is 0.401. The summed E-state index contributed by atoms with van der Waals surface area (Å²) in [6, 6.07) is 0. The maximum Gasteiger partial charge on any atom is 0.314 e. The summed E-state index contributed by atoms with van der Waals surface area (Å²) in [5.41, 5.74) is 0. The summed E-state index contributed by atoms with van der Waals surface area (Å²) in [4.78, 5) is 40.8. The van der Waals surface area contributed by atoms with Crippen molar-refractivity contribution in [3.63, 3.8) is 0 Å². The lowest BCUT2D eigenvalue weighted by Gasteiger charge is -2.04. The Kier molecular flexibility index (Phi) is 1.71. The molecule has 0 N–H and O–H groups in total. The fraction of sp³-hybridized carbons (Fsp3) is 0.500. The molecule has 1 amide bonds. The number of carbonyl (C=O) groups is 2. The first-order chi connectivity index (χ1) is 5.20. The minimum atomic E-state index is -1.24. The number of Topliss-reactive ketones (excluding diaryl/α,β-unsaturated/α-hetero) is 1. The van der Waals surface area contributed by atoms with Gasteiger partial charge in [0.25, 0.3) is 0 Å². The predicted molar refractivity (Wildman–Crippen MR) is 31.8 cm³/mol. The molecule has 58 valence electrons. The highest BCUT2D eigenvalue weighted by molar-refractivity contribution is 6.38. The molecule has 1 unspecified atom stereocenters. The summed E-state index contributed by atoms with van der Waals surface area (Å²) in [5.74, 6) is -1.88. The molecular formula is C4H3N3O4. The first-order valence-electron chi connectivity index (χ1n) is 2.73. The van der Waals surface area contributed by atoms with Crippen LogP contribution in [0, 0.1) is 9.81 Å². The summed E-state index contributed by atoms with van der Waals surface area (Å²) < 4.78 is 0. The van der Waals surface area contributed by atoms with E-state index in [1.165, 1.54) is 0 Å². The predicted octanol–water partition coefficient (Wildman–Crippen LogP) is -0.438. The maximum absolute atomic E-state index is 10.6. The Morgan fingerprint density at radius 3 is 2.36 bits per heavy atom. The number of hydrogen-bond donors (Lipinski definition) is 0. The SMILES string of the molecule is O=NC1CC(=O)C(=O)N1N=O. The van der Waals surface area contributed by atoms with Crippen LogP contribution in [-0.2, 0) is 9.59 Å². The van der Waals surface area contributed by atoms with Crippen molar-refractivity contribution in [3.8, 4) is 0 Å². The Morgan fingerprint density at radius 1 is 1.36 bits per heavy atom. The topological polar surface area (TPSA) is 96.2 Å². The highest BCUT2D eigenvalue weighted by Crippen LogP contribution is 2.16. The standard InChI is InChI=1S/C4H3N3O4/c8-2-1-3(5-10)7(6-11)4(2)9/h3H,1H2. The Bertz CT molecular complexity index is 237. The second-order valence-electron chi connectivity index (χ2n) is 1.94. The number of hydrogen-bond acceptors (Lipinski definition) is 6. The van der Waals surface area contributed by atoms with Crippen LogP contribution < -0.4 is 0 Å². The molecule has 0 spiro atoms. The molecule has 7 heteroatoms. The lowest BCUT2D eigenvalue weighted by atomic mass is 10.3. The summed E-state index contributed by atoms with van der Waals surface area (Å²) in [7, 11) is 0. The molecule has 1 saturated heterocycles. The van der Waals surface area contributed by atoms with E-state index in [9.17, 15) is 19.4 Å². The van der Waals surface area contributed by atoms with Crippen LogP contribution >= 0.6 is 0 Å². The molecule has 1 aliphatic rings. The van der Waals surface area contributed by atoms with E-state index in [0.29, 0.717) is 0 Å². The average molecular weight is 157 g/mol. The van der Waals surface area contributed by atoms with Crippen LogP contribution in [0.2, 0.25) is 0 Å². The molecule has 0 aromatic heterocycles. The fourth-order valence-corrected chi connectivity index (χ4v) is 0.776. The first kappa shape index (κ1) is 7.45. The van der Waals surface area contributed by atoms with Gasteiger partial charge >= 0.3 is 5.91 Å². The van der Waals surface area contributed by atoms with Gasteiger partial charge in [-0.3, -0.25) is 9.59 Å². The maximum atomic E-state index is 10.6. The van der Waals surface area contributed by atoms with Crippen molar-refractivity contribution in [1.29, 1.82) is 0 Å². The van der Waals surface area contributed by atoms with Crippen molar-refractivity contribution in [2.45, 2.75) is 12.6 Å². The Labute approximate surface area is 60.3 Å². The van der Waals surface area contributed by atoms with Gasteiger partial charge in [0.05, 0.1) is 11.7 Å². The zero-order valence-corrected chi connectivity index (χ0v) is 5.26. The average Bonchev–Trinajstić information content (AvgIpc) is 2.28. The molecule has 11 heavy (non-hydrogen) atoms. The summed E-state index contributed by atoms with van der Waals surface area (Å²) in [6.45, 7) is 0. The van der Waals surface area contributed by atoms with E-state index >= 15 is 0 Å². The molecule has 1 atom stereocenters. The lowest BCUT2D eigenvalue weighted by molar-refractivity contribution is -0.140. The van der Waals surface area contributed by atoms with Crippen molar-refractivity contribution in [3.05, 3.63) is 9.81 Å². The minimum Gasteiger partial charge on any atom is -0.288 e. The van der Waals surface area contributed by atoms with E-state index in [1.807, 2.05) is 0 Å². The van der Waals surface area contributed by atoms with Gasteiger partial charge in [-0.2, -0.15) is 5.01 Å². The number of nitrogens with zero attached hydrogens (tertiary/aromatic N) is 3. The highest BCUT2D eigenvalue weighted by Gasteiger charge is 2.40. The lowest BCUT2D eigenvalue weighted by Crippen LogP contribution is -2.26. The molecule has 1 rings (SSSR count). The highest BCUT2D eigenvalue weighted by atomic mass is 16.3. The molecule has 0 aliphatic carbocycles. The molecule has 7 nitrogen and oxygen atoms in total. The Balaban J connectivity index is 2.88. The van der Waals surface area contributed by atoms with Crippen LogP contribution in [-0.4, -0.2) is 22.9 Å². The largest absolute Gasteiger partial charge is 0.314 e. The molecule has 0 radical (unpaired) electrons. The molecule has 0 bridgehead atoms. The van der Waals surface area contributed by atoms with Gasteiger partial charge < -0.3 is 0 Å². The summed E-state index contributed by atoms with van der Waals surface area (Å²) in [6.07, 6.45) is -1.60. The summed E-state index contributed by atoms with van der Waals surface area (Å²) in [5, 5.41) is 4.82. The van der Waals surface area contributed by atoms with E-state index in [4.69, 9.17) is 0 Å². The van der Waals surface area contributed by atoms with Crippen LogP contribution in [0.25, 0.3) is 0 Å². The minimum absolute atomic E-state index is 0.245. The molecule has 0 aromatic rings. The molecule has 1 aliphatic heterocycles. The van der Waals surface area contributed by atoms with Crippen LogP contribution in [0.4, 0.5) is 0 Å². The third-order valence-corrected chi connectivity index (χ3v) is 1.31. The number of nitroso groups, excluding NO2 is 2. The van der Waals surface area contributed by atoms with E-state index in [1.54, 1.807) is 0 Å². The number of rotatable bonds is 2. The van der Waals surface area contributed by atoms with E-state index in [2.05, 4.69) is 10.5 Å². The van der Waals surface area contributed by atoms with Crippen LogP contribution in [0.15, 0.2) is 10.5 Å². The Morgan fingerprint density at radius 2 is 2.00 bits per heavy atom. The third-order valence-electron chi connectivity index (χ3n) is 1.31. The van der Waals surface area contributed by atoms with Gasteiger partial charge in [-0.1, -0.05) is 0 Å². The molecule has 1 fully saturated rings. The van der Waals surface area contributed by atoms with Gasteiger partial charge in [-0.25, -0.2) is 0 Å². The second kappa shape index (κ2) is 2.52. The van der Waals surface area contributed by atoms with Crippen molar-refractivity contribution in [1.82, 2.24) is 5.01 Å². The smallest absolute Gasteiger partial charge is 0.288 e. The van der Waals surface area contributed by atoms with Crippen LogP contribution in [0.5, 0.6) is 0 Å². The number of amides is 1. The normalized spacial score (nSPS) is 24.0. The summed E-state index contributed by atoms with van der Waals surface area (Å²) >= 11 is 0. The van der Waals surface area contributed by atoms with Gasteiger partial charge in [0.1, 0.15) is 0 Å². The second-order valence-corrected chi connectivity index (χ2v) is 1.94. The molecule has 1 heterocycles. The van der Waals surface area contributed by atoms with E-state index in [-0.39, 0.29) is 11.4 Å². The van der Waals surface area contributed by atoms with Crippen molar-refractivity contribution < 1.29 is 9.59 Å². The van der Waals surface area contributed by atoms with E-state index < -0.39 is 17.9 Å². The van der Waals surface area contributed by atoms with Crippen LogP contribution in [0.1, 0.15) is 6.42 Å². The molecule has 0 saturated carbocycles. The van der Waals surface area contributed by atoms with Gasteiger partial charge in [-0.15, -0.1) is 9.81 Å². The first-order valence-corrected chi connectivity index (χ1v) is 2.73. The van der Waals surface area contributed by atoms with Gasteiger partial charge in [0.2, 0.25) is 5.78 Å². The monoisotopic (exact) mass is 157 g/mol. The molecule has 0 aromatic carbocycles. The van der Waals surface area contributed by atoms with Crippen LogP contribution in [0.3, 0.4) is 0 Å². The zero-order chi connectivity index (χ0) is 8.43. The van der Waals surface area contributed by atoms with Crippen molar-refractivity contribution in [2.24, 2.45) is 10.5 Å².